The Hall–Kier alpha value is -1.13. The van der Waals surface area contributed by atoms with E-state index < -0.39 is 10.0 Å². The summed E-state index contributed by atoms with van der Waals surface area (Å²) in [6, 6.07) is 9.73. The van der Waals surface area contributed by atoms with Gasteiger partial charge in [-0.25, -0.2) is 8.42 Å². The Morgan fingerprint density at radius 1 is 1.26 bits per heavy atom. The van der Waals surface area contributed by atoms with Crippen LogP contribution in [-0.4, -0.2) is 25.3 Å². The summed E-state index contributed by atoms with van der Waals surface area (Å²) >= 11 is 0. The largest absolute Gasteiger partial charge is 0.236 e. The van der Waals surface area contributed by atoms with E-state index >= 15 is 0 Å². The highest BCUT2D eigenvalue weighted by Gasteiger charge is 2.36. The molecule has 19 heavy (non-hydrogen) atoms. The molecule has 1 aliphatic rings. The first kappa shape index (κ1) is 14.3. The van der Waals surface area contributed by atoms with Crippen molar-refractivity contribution in [1.29, 1.82) is 0 Å². The van der Waals surface area contributed by atoms with Gasteiger partial charge in [-0.05, 0) is 30.4 Å². The summed E-state index contributed by atoms with van der Waals surface area (Å²) < 4.78 is 26.4. The van der Waals surface area contributed by atoms with Gasteiger partial charge in [-0.15, -0.1) is 0 Å². The third kappa shape index (κ3) is 4.18. The van der Waals surface area contributed by atoms with Gasteiger partial charge in [-0.3, -0.25) is 0 Å². The highest BCUT2D eigenvalue weighted by Crippen LogP contribution is 2.30. The van der Waals surface area contributed by atoms with Crippen LogP contribution >= 0.6 is 0 Å². The Labute approximate surface area is 116 Å². The van der Waals surface area contributed by atoms with E-state index in [-0.39, 0.29) is 6.04 Å². The third-order valence-corrected chi connectivity index (χ3v) is 4.64. The monoisotopic (exact) mass is 279 g/mol. The fourth-order valence-electron chi connectivity index (χ4n) is 1.99. The molecule has 0 N–H and O–H groups in total. The van der Waals surface area contributed by atoms with Crippen LogP contribution in [0.1, 0.15) is 32.3 Å². The maximum absolute atomic E-state index is 12.4. The van der Waals surface area contributed by atoms with Crippen LogP contribution in [0, 0.1) is 5.92 Å². The quantitative estimate of drug-likeness (QED) is 0.802. The van der Waals surface area contributed by atoms with Crippen LogP contribution in [0.3, 0.4) is 0 Å². The third-order valence-electron chi connectivity index (χ3n) is 3.06. The molecule has 1 aliphatic carbocycles. The van der Waals surface area contributed by atoms with E-state index in [1.54, 1.807) is 10.4 Å². The van der Waals surface area contributed by atoms with Crippen LogP contribution in [0.2, 0.25) is 0 Å². The molecular weight excluding hydrogens is 258 g/mol. The maximum atomic E-state index is 12.4. The lowest BCUT2D eigenvalue weighted by Crippen LogP contribution is -2.34. The zero-order valence-electron chi connectivity index (χ0n) is 11.5. The second kappa shape index (κ2) is 5.88. The molecular formula is C15H21NO2S. The lowest BCUT2D eigenvalue weighted by Gasteiger charge is -2.21. The van der Waals surface area contributed by atoms with Crippen molar-refractivity contribution < 1.29 is 8.42 Å². The van der Waals surface area contributed by atoms with Crippen molar-refractivity contribution in [3.05, 3.63) is 41.3 Å². The average molecular weight is 279 g/mol. The Morgan fingerprint density at radius 2 is 1.89 bits per heavy atom. The summed E-state index contributed by atoms with van der Waals surface area (Å²) in [5.41, 5.74) is 0.909. The molecule has 2 rings (SSSR count). The Bertz CT molecular complexity index is 531. The van der Waals surface area contributed by atoms with Crippen molar-refractivity contribution in [2.45, 2.75) is 32.7 Å². The van der Waals surface area contributed by atoms with Crippen molar-refractivity contribution in [2.24, 2.45) is 5.92 Å². The van der Waals surface area contributed by atoms with Gasteiger partial charge in [0, 0.05) is 18.0 Å². The second-order valence-corrected chi connectivity index (χ2v) is 7.22. The van der Waals surface area contributed by atoms with Gasteiger partial charge in [-0.1, -0.05) is 44.2 Å². The molecule has 3 nitrogen and oxygen atoms in total. The first-order valence-corrected chi connectivity index (χ1v) is 8.24. The molecule has 0 heterocycles. The van der Waals surface area contributed by atoms with Gasteiger partial charge in [0.1, 0.15) is 0 Å². The summed E-state index contributed by atoms with van der Waals surface area (Å²) in [5, 5.41) is 1.34. The minimum absolute atomic E-state index is 0.216. The van der Waals surface area contributed by atoms with E-state index in [0.29, 0.717) is 12.5 Å². The number of nitrogens with zero attached hydrogens (tertiary/aromatic N) is 1. The predicted octanol–water partition coefficient (Wildman–Crippen LogP) is 3.11. The van der Waals surface area contributed by atoms with Crippen LogP contribution in [0.5, 0.6) is 0 Å². The van der Waals surface area contributed by atoms with E-state index in [0.717, 1.165) is 18.4 Å². The zero-order chi connectivity index (χ0) is 13.9. The molecule has 0 atom stereocenters. The molecule has 1 fully saturated rings. The van der Waals surface area contributed by atoms with E-state index in [9.17, 15) is 8.42 Å². The topological polar surface area (TPSA) is 37.4 Å². The number of sulfonamides is 1. The van der Waals surface area contributed by atoms with Crippen LogP contribution in [0.15, 0.2) is 35.7 Å². The minimum Gasteiger partial charge on any atom is -0.207 e. The molecule has 0 bridgehead atoms. The van der Waals surface area contributed by atoms with Crippen molar-refractivity contribution in [3.63, 3.8) is 0 Å². The van der Waals surface area contributed by atoms with E-state index in [1.807, 2.05) is 44.2 Å². The summed E-state index contributed by atoms with van der Waals surface area (Å²) in [5.74, 6) is 0.348. The first-order chi connectivity index (χ1) is 8.99. The van der Waals surface area contributed by atoms with Crippen LogP contribution in [0.4, 0.5) is 0 Å². The van der Waals surface area contributed by atoms with Crippen LogP contribution < -0.4 is 0 Å². The van der Waals surface area contributed by atoms with E-state index in [4.69, 9.17) is 0 Å². The predicted molar refractivity (Wildman–Crippen MR) is 79.0 cm³/mol. The zero-order valence-corrected chi connectivity index (χ0v) is 12.3. The van der Waals surface area contributed by atoms with Crippen molar-refractivity contribution >= 4 is 16.1 Å². The normalized spacial score (nSPS) is 16.6. The Morgan fingerprint density at radius 3 is 2.42 bits per heavy atom. The van der Waals surface area contributed by atoms with Crippen molar-refractivity contribution in [1.82, 2.24) is 4.31 Å². The number of hydrogen-bond donors (Lipinski definition) is 0. The van der Waals surface area contributed by atoms with E-state index in [2.05, 4.69) is 0 Å². The molecule has 0 amide bonds. The molecule has 0 aromatic heterocycles. The minimum atomic E-state index is -3.30. The van der Waals surface area contributed by atoms with Crippen LogP contribution in [-0.2, 0) is 10.0 Å². The van der Waals surface area contributed by atoms with Gasteiger partial charge in [-0.2, -0.15) is 4.31 Å². The fraction of sp³-hybridized carbons (Fsp3) is 0.467. The number of rotatable bonds is 6. The lowest BCUT2D eigenvalue weighted by atomic mass is 10.2. The fourth-order valence-corrected chi connectivity index (χ4v) is 3.61. The molecule has 1 aromatic rings. The molecule has 104 valence electrons. The highest BCUT2D eigenvalue weighted by molar-refractivity contribution is 7.92. The van der Waals surface area contributed by atoms with Gasteiger partial charge in [0.25, 0.3) is 0 Å². The van der Waals surface area contributed by atoms with Crippen LogP contribution in [0.25, 0.3) is 6.08 Å². The summed E-state index contributed by atoms with van der Waals surface area (Å²) in [6.45, 7) is 4.70. The smallest absolute Gasteiger partial charge is 0.207 e. The van der Waals surface area contributed by atoms with Gasteiger partial charge in [0.15, 0.2) is 0 Å². The standard InChI is InChI=1S/C15H21NO2S/c1-13(2)12-16(15-8-9-15)19(17,18)11-10-14-6-4-3-5-7-14/h3-7,10-11,13,15H,8-9,12H2,1-2H3. The van der Waals surface area contributed by atoms with E-state index in [1.165, 1.54) is 5.41 Å². The first-order valence-electron chi connectivity index (χ1n) is 6.74. The second-order valence-electron chi connectivity index (χ2n) is 5.45. The Balaban J connectivity index is 2.14. The highest BCUT2D eigenvalue weighted by atomic mass is 32.2. The SMILES string of the molecule is CC(C)CN(C1CC1)S(=O)(=O)C=Cc1ccccc1. The average Bonchev–Trinajstić information content (AvgIpc) is 3.19. The maximum Gasteiger partial charge on any atom is 0.236 e. The molecule has 1 aromatic carbocycles. The summed E-state index contributed by atoms with van der Waals surface area (Å²) in [4.78, 5) is 0. The Kier molecular flexibility index (Phi) is 4.42. The number of hydrogen-bond acceptors (Lipinski definition) is 2. The molecule has 0 radical (unpaired) electrons. The van der Waals surface area contributed by atoms with Gasteiger partial charge in [0.05, 0.1) is 0 Å². The molecule has 0 saturated heterocycles. The molecule has 4 heteroatoms. The van der Waals surface area contributed by atoms with Crippen molar-refractivity contribution in [3.8, 4) is 0 Å². The molecule has 0 aliphatic heterocycles. The van der Waals surface area contributed by atoms with Gasteiger partial charge < -0.3 is 0 Å². The summed E-state index contributed by atoms with van der Waals surface area (Å²) in [6.07, 6.45) is 3.65. The lowest BCUT2D eigenvalue weighted by molar-refractivity contribution is 0.364. The van der Waals surface area contributed by atoms with Crippen molar-refractivity contribution in [2.75, 3.05) is 6.54 Å². The molecule has 0 spiro atoms. The molecule has 0 unspecified atom stereocenters. The van der Waals surface area contributed by atoms with Gasteiger partial charge >= 0.3 is 0 Å². The van der Waals surface area contributed by atoms with Gasteiger partial charge in [0.2, 0.25) is 10.0 Å². The summed E-state index contributed by atoms with van der Waals surface area (Å²) in [7, 11) is -3.30. The number of benzene rings is 1. The molecule has 1 saturated carbocycles.